The largest absolute Gasteiger partial charge is 0.360 e. The molecular weight excluding hydrogens is 172 g/mol. The molecule has 1 aliphatic heterocycles. The van der Waals surface area contributed by atoms with E-state index in [9.17, 15) is 0 Å². The second kappa shape index (κ2) is 4.33. The Balaban J connectivity index is 2.56. The molecule has 0 bridgehead atoms. The molecule has 1 heterocycles. The first-order valence-electron chi connectivity index (χ1n) is 5.79. The number of piperidine rings is 1. The molecule has 0 aliphatic carbocycles. The number of nitrogens with one attached hydrogen (secondary N) is 1. The Kier molecular flexibility index (Phi) is 3.57. The van der Waals surface area contributed by atoms with Crippen molar-refractivity contribution >= 4 is 5.84 Å². The summed E-state index contributed by atoms with van der Waals surface area (Å²) in [5.74, 6) is 1.63. The van der Waals surface area contributed by atoms with Crippen LogP contribution in [-0.2, 0) is 0 Å². The summed E-state index contributed by atoms with van der Waals surface area (Å²) in [4.78, 5) is 2.28. The third kappa shape index (κ3) is 2.73. The van der Waals surface area contributed by atoms with E-state index in [4.69, 9.17) is 5.41 Å². The van der Waals surface area contributed by atoms with Gasteiger partial charge in [0, 0.05) is 18.5 Å². The number of rotatable bonds is 1. The zero-order valence-corrected chi connectivity index (χ0v) is 10.1. The van der Waals surface area contributed by atoms with Crippen molar-refractivity contribution < 1.29 is 0 Å². The minimum atomic E-state index is 0.00955. The first-order chi connectivity index (χ1) is 6.45. The van der Waals surface area contributed by atoms with Crippen molar-refractivity contribution in [2.24, 2.45) is 11.3 Å². The summed E-state index contributed by atoms with van der Waals surface area (Å²) in [6.07, 6.45) is 3.87. The Labute approximate surface area is 88.2 Å². The topological polar surface area (TPSA) is 27.1 Å². The zero-order chi connectivity index (χ0) is 10.8. The van der Waals surface area contributed by atoms with E-state index >= 15 is 0 Å². The van der Waals surface area contributed by atoms with E-state index < -0.39 is 0 Å². The molecule has 0 aromatic carbocycles. The fourth-order valence-electron chi connectivity index (χ4n) is 2.08. The Morgan fingerprint density at radius 3 is 2.57 bits per heavy atom. The van der Waals surface area contributed by atoms with Crippen molar-refractivity contribution in [3.05, 3.63) is 0 Å². The monoisotopic (exact) mass is 196 g/mol. The molecule has 1 atom stereocenters. The predicted octanol–water partition coefficient (Wildman–Crippen LogP) is 3.13. The molecule has 1 unspecified atom stereocenters. The Morgan fingerprint density at radius 2 is 2.07 bits per heavy atom. The first-order valence-corrected chi connectivity index (χ1v) is 5.79. The number of hydrogen-bond donors (Lipinski definition) is 1. The average Bonchev–Trinajstić information content (AvgIpc) is 2.15. The lowest BCUT2D eigenvalue weighted by molar-refractivity contribution is 0.235. The summed E-state index contributed by atoms with van der Waals surface area (Å²) in [7, 11) is 0. The van der Waals surface area contributed by atoms with Crippen LogP contribution in [0.2, 0.25) is 0 Å². The van der Waals surface area contributed by atoms with Crippen LogP contribution in [0.5, 0.6) is 0 Å². The van der Waals surface area contributed by atoms with Crippen molar-refractivity contribution in [1.82, 2.24) is 4.90 Å². The van der Waals surface area contributed by atoms with Crippen LogP contribution in [0, 0.1) is 16.7 Å². The smallest absolute Gasteiger partial charge is 0.101 e. The van der Waals surface area contributed by atoms with Crippen LogP contribution in [0.3, 0.4) is 0 Å². The van der Waals surface area contributed by atoms with Gasteiger partial charge in [-0.05, 0) is 18.8 Å². The lowest BCUT2D eigenvalue weighted by Crippen LogP contribution is -2.44. The van der Waals surface area contributed by atoms with Gasteiger partial charge in [0.15, 0.2) is 0 Å². The summed E-state index contributed by atoms with van der Waals surface area (Å²) >= 11 is 0. The Morgan fingerprint density at radius 1 is 1.43 bits per heavy atom. The maximum atomic E-state index is 8.13. The van der Waals surface area contributed by atoms with Crippen LogP contribution >= 0.6 is 0 Å². The SMILES string of the molecule is CCC1CCCN(C(=N)C(C)(C)C)C1. The second-order valence-corrected chi connectivity index (χ2v) is 5.46. The van der Waals surface area contributed by atoms with Crippen molar-refractivity contribution in [3.8, 4) is 0 Å². The van der Waals surface area contributed by atoms with Crippen molar-refractivity contribution in [1.29, 1.82) is 5.41 Å². The normalized spacial score (nSPS) is 23.7. The minimum Gasteiger partial charge on any atom is -0.360 e. The quantitative estimate of drug-likeness (QED) is 0.506. The van der Waals surface area contributed by atoms with Gasteiger partial charge in [0.05, 0.1) is 0 Å². The molecule has 2 nitrogen and oxygen atoms in total. The van der Waals surface area contributed by atoms with Gasteiger partial charge in [-0.25, -0.2) is 0 Å². The zero-order valence-electron chi connectivity index (χ0n) is 10.1. The maximum absolute atomic E-state index is 8.13. The molecule has 0 aromatic rings. The van der Waals surface area contributed by atoms with Crippen LogP contribution in [-0.4, -0.2) is 23.8 Å². The third-order valence-corrected chi connectivity index (χ3v) is 3.12. The van der Waals surface area contributed by atoms with Crippen LogP contribution in [0.1, 0.15) is 47.0 Å². The highest BCUT2D eigenvalue weighted by atomic mass is 15.2. The molecule has 1 saturated heterocycles. The number of amidine groups is 1. The van der Waals surface area contributed by atoms with E-state index in [0.29, 0.717) is 0 Å². The van der Waals surface area contributed by atoms with Gasteiger partial charge < -0.3 is 4.90 Å². The van der Waals surface area contributed by atoms with E-state index in [1.165, 1.54) is 19.3 Å². The van der Waals surface area contributed by atoms with Gasteiger partial charge >= 0.3 is 0 Å². The van der Waals surface area contributed by atoms with Gasteiger partial charge in [0.25, 0.3) is 0 Å². The van der Waals surface area contributed by atoms with Crippen molar-refractivity contribution in [2.75, 3.05) is 13.1 Å². The fraction of sp³-hybridized carbons (Fsp3) is 0.917. The van der Waals surface area contributed by atoms with E-state index in [2.05, 4.69) is 32.6 Å². The molecule has 0 aromatic heterocycles. The molecule has 0 radical (unpaired) electrons. The highest BCUT2D eigenvalue weighted by Gasteiger charge is 2.27. The third-order valence-electron chi connectivity index (χ3n) is 3.12. The summed E-state index contributed by atoms with van der Waals surface area (Å²) in [6.45, 7) is 10.8. The number of nitrogens with zero attached hydrogens (tertiary/aromatic N) is 1. The Bertz CT molecular complexity index is 203. The molecule has 0 spiro atoms. The van der Waals surface area contributed by atoms with Gasteiger partial charge in [-0.15, -0.1) is 0 Å². The van der Waals surface area contributed by atoms with Crippen molar-refractivity contribution in [2.45, 2.75) is 47.0 Å². The van der Waals surface area contributed by atoms with Gasteiger partial charge in [0.1, 0.15) is 5.84 Å². The molecule has 1 fully saturated rings. The van der Waals surface area contributed by atoms with Gasteiger partial charge in [-0.1, -0.05) is 34.1 Å². The second-order valence-electron chi connectivity index (χ2n) is 5.46. The van der Waals surface area contributed by atoms with Crippen LogP contribution in [0.25, 0.3) is 0 Å². The maximum Gasteiger partial charge on any atom is 0.101 e. The molecule has 0 saturated carbocycles. The molecule has 1 rings (SSSR count). The lowest BCUT2D eigenvalue weighted by Gasteiger charge is -2.38. The summed E-state index contributed by atoms with van der Waals surface area (Å²) < 4.78 is 0. The van der Waals surface area contributed by atoms with Crippen molar-refractivity contribution in [3.63, 3.8) is 0 Å². The summed E-state index contributed by atoms with van der Waals surface area (Å²) in [5.41, 5.74) is 0.00955. The minimum absolute atomic E-state index is 0.00955. The van der Waals surface area contributed by atoms with E-state index in [1.54, 1.807) is 0 Å². The Hall–Kier alpha value is -0.530. The molecule has 1 N–H and O–H groups in total. The van der Waals surface area contributed by atoms with Gasteiger partial charge in [-0.3, -0.25) is 5.41 Å². The summed E-state index contributed by atoms with van der Waals surface area (Å²) in [5, 5.41) is 8.13. The molecule has 82 valence electrons. The van der Waals surface area contributed by atoms with Gasteiger partial charge in [0.2, 0.25) is 0 Å². The van der Waals surface area contributed by atoms with E-state index in [-0.39, 0.29) is 5.41 Å². The van der Waals surface area contributed by atoms with Crippen LogP contribution in [0.15, 0.2) is 0 Å². The average molecular weight is 196 g/mol. The standard InChI is InChI=1S/C12H24N2/c1-5-10-7-6-8-14(9-10)11(13)12(2,3)4/h10,13H,5-9H2,1-4H3. The molecular formula is C12H24N2. The molecule has 0 amide bonds. The fourth-order valence-corrected chi connectivity index (χ4v) is 2.08. The lowest BCUT2D eigenvalue weighted by atomic mass is 9.90. The molecule has 14 heavy (non-hydrogen) atoms. The number of hydrogen-bond acceptors (Lipinski definition) is 1. The molecule has 1 aliphatic rings. The van der Waals surface area contributed by atoms with Gasteiger partial charge in [-0.2, -0.15) is 0 Å². The van der Waals surface area contributed by atoms with Crippen LogP contribution in [0.4, 0.5) is 0 Å². The van der Waals surface area contributed by atoms with Crippen LogP contribution < -0.4 is 0 Å². The highest BCUT2D eigenvalue weighted by Crippen LogP contribution is 2.24. The van der Waals surface area contributed by atoms with E-state index in [0.717, 1.165) is 24.8 Å². The number of likely N-dealkylation sites (tertiary alicyclic amines) is 1. The van der Waals surface area contributed by atoms with E-state index in [1.807, 2.05) is 0 Å². The molecule has 2 heteroatoms. The summed E-state index contributed by atoms with van der Waals surface area (Å²) in [6, 6.07) is 0. The first kappa shape index (κ1) is 11.5. The predicted molar refractivity (Wildman–Crippen MR) is 61.8 cm³/mol. The highest BCUT2D eigenvalue weighted by molar-refractivity contribution is 5.84.